The molecule has 0 saturated heterocycles. The first kappa shape index (κ1) is 16.4. The Hall–Kier alpha value is -3.01. The molecule has 0 amide bonds. The first-order valence-corrected chi connectivity index (χ1v) is 6.38. The maximum Gasteiger partial charge on any atom is 0.417 e. The number of alkyl halides is 3. The van der Waals surface area contributed by atoms with Crippen LogP contribution in [0.25, 0.3) is 11.1 Å². The molecule has 0 fully saturated rings. The summed E-state index contributed by atoms with van der Waals surface area (Å²) in [5.74, 6) is -1.24. The Morgan fingerprint density at radius 3 is 2.35 bits per heavy atom. The van der Waals surface area contributed by atoms with E-state index in [2.05, 4.69) is 4.74 Å². The molecular formula is C16H11F3N2O2. The summed E-state index contributed by atoms with van der Waals surface area (Å²) < 4.78 is 44.3. The first-order valence-electron chi connectivity index (χ1n) is 6.38. The Kier molecular flexibility index (Phi) is 4.27. The highest BCUT2D eigenvalue weighted by atomic mass is 19.4. The second kappa shape index (κ2) is 6.01. The molecular weight excluding hydrogens is 309 g/mol. The molecule has 0 spiro atoms. The number of rotatable bonds is 2. The van der Waals surface area contributed by atoms with Gasteiger partial charge >= 0.3 is 12.1 Å². The van der Waals surface area contributed by atoms with Crippen LogP contribution in [0.1, 0.15) is 21.5 Å². The molecule has 0 aromatic heterocycles. The minimum Gasteiger partial charge on any atom is -0.465 e. The lowest BCUT2D eigenvalue weighted by Gasteiger charge is -2.17. The van der Waals surface area contributed by atoms with Gasteiger partial charge in [0.15, 0.2) is 0 Å². The third-order valence-electron chi connectivity index (χ3n) is 3.26. The normalized spacial score (nSPS) is 10.9. The van der Waals surface area contributed by atoms with Gasteiger partial charge in [0.2, 0.25) is 0 Å². The van der Waals surface area contributed by atoms with E-state index in [9.17, 15) is 23.2 Å². The number of hydrogen-bond acceptors (Lipinski definition) is 4. The van der Waals surface area contributed by atoms with Gasteiger partial charge in [-0.1, -0.05) is 30.3 Å². The van der Waals surface area contributed by atoms with Gasteiger partial charge in [-0.15, -0.1) is 0 Å². The lowest BCUT2D eigenvalue weighted by atomic mass is 9.92. The van der Waals surface area contributed by atoms with E-state index in [4.69, 9.17) is 5.73 Å². The summed E-state index contributed by atoms with van der Waals surface area (Å²) in [6.07, 6.45) is -4.82. The Bertz CT molecular complexity index is 794. The van der Waals surface area contributed by atoms with Gasteiger partial charge in [-0.25, -0.2) is 4.79 Å². The standard InChI is InChI=1S/C16H11F3N2O2/c1-23-15(22)13-12(16(17,18)19)7-10(11(8-20)14(13)21)9-5-3-2-4-6-9/h2-7H,21H2,1H3. The van der Waals surface area contributed by atoms with Crippen molar-refractivity contribution >= 4 is 11.7 Å². The van der Waals surface area contributed by atoms with Crippen molar-refractivity contribution in [2.75, 3.05) is 12.8 Å². The summed E-state index contributed by atoms with van der Waals surface area (Å²) in [7, 11) is 0.944. The molecule has 0 heterocycles. The largest absolute Gasteiger partial charge is 0.465 e. The highest BCUT2D eigenvalue weighted by molar-refractivity contribution is 6.00. The van der Waals surface area contributed by atoms with E-state index in [1.807, 2.05) is 0 Å². The molecule has 0 aliphatic rings. The van der Waals surface area contributed by atoms with Gasteiger partial charge < -0.3 is 10.5 Å². The van der Waals surface area contributed by atoms with E-state index in [1.54, 1.807) is 36.4 Å². The summed E-state index contributed by atoms with van der Waals surface area (Å²) in [4.78, 5) is 11.7. The van der Waals surface area contributed by atoms with Crippen LogP contribution < -0.4 is 5.73 Å². The van der Waals surface area contributed by atoms with Crippen molar-refractivity contribution in [3.8, 4) is 17.2 Å². The number of anilines is 1. The molecule has 0 bridgehead atoms. The number of ether oxygens (including phenoxy) is 1. The molecule has 2 aromatic carbocycles. The first-order chi connectivity index (χ1) is 10.8. The van der Waals surface area contributed by atoms with Crippen LogP contribution in [0, 0.1) is 11.3 Å². The highest BCUT2D eigenvalue weighted by Crippen LogP contribution is 2.40. The number of benzene rings is 2. The minimum absolute atomic E-state index is 0.00516. The monoisotopic (exact) mass is 320 g/mol. The van der Waals surface area contributed by atoms with E-state index < -0.39 is 29.0 Å². The fourth-order valence-electron chi connectivity index (χ4n) is 2.22. The lowest BCUT2D eigenvalue weighted by Crippen LogP contribution is -2.18. The van der Waals surface area contributed by atoms with Gasteiger partial charge in [-0.05, 0) is 11.6 Å². The molecule has 0 unspecified atom stereocenters. The predicted molar refractivity (Wildman–Crippen MR) is 77.3 cm³/mol. The average Bonchev–Trinajstić information content (AvgIpc) is 2.53. The quantitative estimate of drug-likeness (QED) is 0.677. The van der Waals surface area contributed by atoms with Crippen LogP contribution in [0.2, 0.25) is 0 Å². The third-order valence-corrected chi connectivity index (χ3v) is 3.26. The van der Waals surface area contributed by atoms with Crippen LogP contribution in [-0.4, -0.2) is 13.1 Å². The number of methoxy groups -OCH3 is 1. The Labute approximate surface area is 129 Å². The van der Waals surface area contributed by atoms with Crippen LogP contribution >= 0.6 is 0 Å². The van der Waals surface area contributed by atoms with E-state index in [0.717, 1.165) is 13.2 Å². The van der Waals surface area contributed by atoms with Crippen LogP contribution in [0.4, 0.5) is 18.9 Å². The van der Waals surface area contributed by atoms with Crippen LogP contribution in [0.5, 0.6) is 0 Å². The van der Waals surface area contributed by atoms with Crippen molar-refractivity contribution in [1.82, 2.24) is 0 Å². The molecule has 118 valence electrons. The molecule has 0 atom stereocenters. The minimum atomic E-state index is -4.82. The zero-order valence-corrected chi connectivity index (χ0v) is 11.9. The van der Waals surface area contributed by atoms with Gasteiger partial charge in [-0.3, -0.25) is 0 Å². The number of nitrogens with two attached hydrogens (primary N) is 1. The maximum absolute atomic E-state index is 13.3. The Morgan fingerprint density at radius 2 is 1.87 bits per heavy atom. The number of nitriles is 1. The van der Waals surface area contributed by atoms with Crippen molar-refractivity contribution in [1.29, 1.82) is 5.26 Å². The highest BCUT2D eigenvalue weighted by Gasteiger charge is 2.38. The zero-order chi connectivity index (χ0) is 17.2. The van der Waals surface area contributed by atoms with Gasteiger partial charge in [0.1, 0.15) is 6.07 Å². The molecule has 0 aliphatic carbocycles. The SMILES string of the molecule is COC(=O)c1c(C(F)(F)F)cc(-c2ccccc2)c(C#N)c1N. The molecule has 2 rings (SSSR count). The van der Waals surface area contributed by atoms with Crippen molar-refractivity contribution in [3.05, 3.63) is 53.1 Å². The van der Waals surface area contributed by atoms with Gasteiger partial charge in [0.25, 0.3) is 0 Å². The Balaban J connectivity index is 2.89. The number of nitrogen functional groups attached to an aromatic ring is 1. The average molecular weight is 320 g/mol. The summed E-state index contributed by atoms with van der Waals surface area (Å²) in [5.41, 5.74) is 3.24. The molecule has 23 heavy (non-hydrogen) atoms. The third kappa shape index (κ3) is 2.97. The molecule has 0 radical (unpaired) electrons. The molecule has 0 saturated carbocycles. The fraction of sp³-hybridized carbons (Fsp3) is 0.125. The maximum atomic E-state index is 13.3. The predicted octanol–water partition coefficient (Wildman–Crippen LogP) is 3.61. The van der Waals surface area contributed by atoms with E-state index in [1.165, 1.54) is 0 Å². The second-order valence-corrected chi connectivity index (χ2v) is 4.60. The molecule has 7 heteroatoms. The lowest BCUT2D eigenvalue weighted by molar-refractivity contribution is -0.138. The molecule has 4 nitrogen and oxygen atoms in total. The fourth-order valence-corrected chi connectivity index (χ4v) is 2.22. The number of nitrogens with zero attached hydrogens (tertiary/aromatic N) is 1. The van der Waals surface area contributed by atoms with E-state index >= 15 is 0 Å². The van der Waals surface area contributed by atoms with Gasteiger partial charge in [0.05, 0.1) is 29.5 Å². The number of esters is 1. The zero-order valence-electron chi connectivity index (χ0n) is 11.9. The topological polar surface area (TPSA) is 76.1 Å². The van der Waals surface area contributed by atoms with E-state index in [-0.39, 0.29) is 11.1 Å². The van der Waals surface area contributed by atoms with Crippen molar-refractivity contribution in [2.24, 2.45) is 0 Å². The van der Waals surface area contributed by atoms with Gasteiger partial charge in [-0.2, -0.15) is 18.4 Å². The van der Waals surface area contributed by atoms with Crippen molar-refractivity contribution < 1.29 is 22.7 Å². The van der Waals surface area contributed by atoms with Crippen molar-refractivity contribution in [3.63, 3.8) is 0 Å². The number of hydrogen-bond donors (Lipinski definition) is 1. The summed E-state index contributed by atoms with van der Waals surface area (Å²) in [5, 5.41) is 9.27. The van der Waals surface area contributed by atoms with Crippen LogP contribution in [-0.2, 0) is 10.9 Å². The number of carbonyl (C=O) groups excluding carboxylic acids is 1. The molecule has 2 N–H and O–H groups in total. The van der Waals surface area contributed by atoms with Crippen molar-refractivity contribution in [2.45, 2.75) is 6.18 Å². The van der Waals surface area contributed by atoms with Crippen LogP contribution in [0.3, 0.4) is 0 Å². The van der Waals surface area contributed by atoms with Crippen LogP contribution in [0.15, 0.2) is 36.4 Å². The molecule has 2 aromatic rings. The number of halogens is 3. The summed E-state index contributed by atoms with van der Waals surface area (Å²) in [6.45, 7) is 0. The summed E-state index contributed by atoms with van der Waals surface area (Å²) in [6, 6.07) is 10.5. The smallest absolute Gasteiger partial charge is 0.417 e. The second-order valence-electron chi connectivity index (χ2n) is 4.60. The number of carbonyl (C=O) groups is 1. The summed E-state index contributed by atoms with van der Waals surface area (Å²) >= 11 is 0. The van der Waals surface area contributed by atoms with Gasteiger partial charge in [0, 0.05) is 5.56 Å². The van der Waals surface area contributed by atoms with E-state index in [0.29, 0.717) is 5.56 Å². The molecule has 0 aliphatic heterocycles. The Morgan fingerprint density at radius 1 is 1.26 bits per heavy atom.